The number of carbonyl (C=O) groups is 1. The number of amides is 1. The Balaban J connectivity index is 1.36. The summed E-state index contributed by atoms with van der Waals surface area (Å²) in [5.74, 6) is 2.07. The molecule has 138 valence electrons. The lowest BCUT2D eigenvalue weighted by Crippen LogP contribution is -2.43. The van der Waals surface area contributed by atoms with Crippen LogP contribution in [0, 0.1) is 0 Å². The third-order valence-electron chi connectivity index (χ3n) is 4.80. The maximum Gasteiger partial charge on any atom is 0.230 e. The first kappa shape index (κ1) is 17.5. The first-order chi connectivity index (χ1) is 12.7. The molecule has 1 aliphatic heterocycles. The molecule has 1 saturated carbocycles. The fourth-order valence-corrected chi connectivity index (χ4v) is 3.87. The van der Waals surface area contributed by atoms with Gasteiger partial charge in [0.2, 0.25) is 17.6 Å². The van der Waals surface area contributed by atoms with E-state index in [-0.39, 0.29) is 11.9 Å². The fourth-order valence-electron chi connectivity index (χ4n) is 3.07. The van der Waals surface area contributed by atoms with Crippen LogP contribution in [0.2, 0.25) is 0 Å². The van der Waals surface area contributed by atoms with E-state index in [1.54, 1.807) is 6.20 Å². The molecule has 0 unspecified atom stereocenters. The molecule has 3 heterocycles. The molecule has 0 bridgehead atoms. The van der Waals surface area contributed by atoms with Crippen molar-refractivity contribution in [2.24, 2.45) is 0 Å². The molecule has 0 spiro atoms. The van der Waals surface area contributed by atoms with Crippen molar-refractivity contribution in [1.82, 2.24) is 25.3 Å². The second-order valence-electron chi connectivity index (χ2n) is 7.02. The third-order valence-corrected chi connectivity index (χ3v) is 5.81. The number of likely N-dealkylation sites (tertiary alicyclic amines) is 1. The number of pyridine rings is 1. The predicted molar refractivity (Wildman–Crippen MR) is 98.9 cm³/mol. The fraction of sp³-hybridized carbons (Fsp3) is 0.556. The van der Waals surface area contributed by atoms with Gasteiger partial charge in [-0.25, -0.2) is 4.98 Å². The van der Waals surface area contributed by atoms with Gasteiger partial charge in [0.1, 0.15) is 5.03 Å². The van der Waals surface area contributed by atoms with Gasteiger partial charge in [0.25, 0.3) is 0 Å². The summed E-state index contributed by atoms with van der Waals surface area (Å²) in [7, 11) is 2.11. The van der Waals surface area contributed by atoms with E-state index in [1.807, 2.05) is 12.1 Å². The van der Waals surface area contributed by atoms with Gasteiger partial charge < -0.3 is 14.7 Å². The van der Waals surface area contributed by atoms with Crippen LogP contribution in [0.1, 0.15) is 37.5 Å². The van der Waals surface area contributed by atoms with Gasteiger partial charge in [-0.05, 0) is 58.0 Å². The Bertz CT molecular complexity index is 768. The largest absolute Gasteiger partial charge is 0.353 e. The number of rotatable bonds is 6. The molecule has 7 nitrogen and oxygen atoms in total. The minimum Gasteiger partial charge on any atom is -0.353 e. The van der Waals surface area contributed by atoms with Crippen LogP contribution in [0.5, 0.6) is 0 Å². The van der Waals surface area contributed by atoms with Crippen molar-refractivity contribution < 1.29 is 9.32 Å². The minimum atomic E-state index is 0.0490. The summed E-state index contributed by atoms with van der Waals surface area (Å²) in [6.45, 7) is 2.06. The molecule has 0 radical (unpaired) electrons. The van der Waals surface area contributed by atoms with Crippen LogP contribution in [0.25, 0.3) is 11.4 Å². The Labute approximate surface area is 156 Å². The molecule has 8 heteroatoms. The number of hydrogen-bond acceptors (Lipinski definition) is 7. The van der Waals surface area contributed by atoms with E-state index < -0.39 is 0 Å². The molecule has 0 aromatic carbocycles. The maximum atomic E-state index is 12.3. The number of aromatic nitrogens is 3. The molecule has 0 atom stereocenters. The molecular weight excluding hydrogens is 350 g/mol. The Kier molecular flexibility index (Phi) is 5.21. The van der Waals surface area contributed by atoms with Crippen LogP contribution in [0.4, 0.5) is 0 Å². The molecular formula is C18H23N5O2S. The Morgan fingerprint density at radius 3 is 2.92 bits per heavy atom. The molecule has 2 aromatic rings. The lowest BCUT2D eigenvalue weighted by Gasteiger charge is -2.29. The lowest BCUT2D eigenvalue weighted by atomic mass is 10.1. The second-order valence-corrected chi connectivity index (χ2v) is 7.98. The van der Waals surface area contributed by atoms with Gasteiger partial charge >= 0.3 is 0 Å². The number of nitrogens with zero attached hydrogens (tertiary/aromatic N) is 4. The maximum absolute atomic E-state index is 12.3. The summed E-state index contributed by atoms with van der Waals surface area (Å²) in [6.07, 6.45) is 5.98. The predicted octanol–water partition coefficient (Wildman–Crippen LogP) is 2.31. The monoisotopic (exact) mass is 373 g/mol. The summed E-state index contributed by atoms with van der Waals surface area (Å²) in [4.78, 5) is 23.5. The minimum absolute atomic E-state index is 0.0490. The Morgan fingerprint density at radius 1 is 1.35 bits per heavy atom. The molecule has 1 aliphatic carbocycles. The lowest BCUT2D eigenvalue weighted by molar-refractivity contribution is -0.119. The summed E-state index contributed by atoms with van der Waals surface area (Å²) in [5, 5.41) is 7.98. The van der Waals surface area contributed by atoms with E-state index in [0.29, 0.717) is 23.4 Å². The summed E-state index contributed by atoms with van der Waals surface area (Å²) in [5.41, 5.74) is 0.820. The number of piperidine rings is 1. The first-order valence-electron chi connectivity index (χ1n) is 9.09. The van der Waals surface area contributed by atoms with Crippen molar-refractivity contribution in [2.45, 2.75) is 42.7 Å². The number of thioether (sulfide) groups is 1. The highest BCUT2D eigenvalue weighted by molar-refractivity contribution is 8.00. The van der Waals surface area contributed by atoms with Crippen molar-refractivity contribution in [3.8, 4) is 11.4 Å². The van der Waals surface area contributed by atoms with Crippen molar-refractivity contribution in [3.05, 3.63) is 24.2 Å². The molecule has 4 rings (SSSR count). The van der Waals surface area contributed by atoms with Gasteiger partial charge in [0, 0.05) is 18.2 Å². The molecule has 1 N–H and O–H groups in total. The smallest absolute Gasteiger partial charge is 0.230 e. The van der Waals surface area contributed by atoms with Crippen LogP contribution in [-0.2, 0) is 4.79 Å². The molecule has 2 aliphatic rings. The van der Waals surface area contributed by atoms with Gasteiger partial charge in [-0.15, -0.1) is 0 Å². The van der Waals surface area contributed by atoms with Gasteiger partial charge in [-0.3, -0.25) is 4.79 Å². The van der Waals surface area contributed by atoms with Gasteiger partial charge in [0.05, 0.1) is 11.3 Å². The zero-order valence-electron chi connectivity index (χ0n) is 14.9. The van der Waals surface area contributed by atoms with E-state index >= 15 is 0 Å². The highest BCUT2D eigenvalue weighted by atomic mass is 32.2. The van der Waals surface area contributed by atoms with Crippen LogP contribution in [0.15, 0.2) is 27.9 Å². The number of carbonyl (C=O) groups excluding carboxylic acids is 1. The standard InChI is InChI=1S/C18H23N5O2S/c1-23-9-6-13(7-10-23)20-15(24)11-26-18-14(3-2-8-19-18)16-21-17(25-22-16)12-4-5-12/h2-3,8,12-13H,4-7,9-11H2,1H3,(H,20,24). The van der Waals surface area contributed by atoms with E-state index in [0.717, 1.165) is 49.4 Å². The van der Waals surface area contributed by atoms with E-state index in [2.05, 4.69) is 32.4 Å². The van der Waals surface area contributed by atoms with Crippen LogP contribution in [0.3, 0.4) is 0 Å². The van der Waals surface area contributed by atoms with Gasteiger partial charge in [0.15, 0.2) is 0 Å². The van der Waals surface area contributed by atoms with Crippen molar-refractivity contribution in [1.29, 1.82) is 0 Å². The van der Waals surface area contributed by atoms with Crippen LogP contribution < -0.4 is 5.32 Å². The Hall–Kier alpha value is -1.93. The SMILES string of the molecule is CN1CCC(NC(=O)CSc2ncccc2-c2noc(C3CC3)n2)CC1. The number of hydrogen-bond donors (Lipinski definition) is 1. The second kappa shape index (κ2) is 7.75. The quantitative estimate of drug-likeness (QED) is 0.778. The van der Waals surface area contributed by atoms with Crippen LogP contribution in [-0.4, -0.2) is 57.9 Å². The number of nitrogens with one attached hydrogen (secondary N) is 1. The topological polar surface area (TPSA) is 84.2 Å². The average Bonchev–Trinajstić information content (AvgIpc) is 3.39. The van der Waals surface area contributed by atoms with E-state index in [1.165, 1.54) is 11.8 Å². The van der Waals surface area contributed by atoms with Crippen molar-refractivity contribution in [3.63, 3.8) is 0 Å². The summed E-state index contributed by atoms with van der Waals surface area (Å²) in [6, 6.07) is 4.05. The Morgan fingerprint density at radius 2 is 2.15 bits per heavy atom. The summed E-state index contributed by atoms with van der Waals surface area (Å²) < 4.78 is 5.35. The average molecular weight is 373 g/mol. The molecule has 26 heavy (non-hydrogen) atoms. The van der Waals surface area contributed by atoms with Crippen LogP contribution >= 0.6 is 11.8 Å². The molecule has 2 aromatic heterocycles. The molecule has 1 saturated heterocycles. The van der Waals surface area contributed by atoms with Crippen molar-refractivity contribution in [2.75, 3.05) is 25.9 Å². The van der Waals surface area contributed by atoms with E-state index in [4.69, 9.17) is 4.52 Å². The first-order valence-corrected chi connectivity index (χ1v) is 10.1. The van der Waals surface area contributed by atoms with Crippen molar-refractivity contribution >= 4 is 17.7 Å². The highest BCUT2D eigenvalue weighted by Crippen LogP contribution is 2.40. The zero-order valence-corrected chi connectivity index (χ0v) is 15.7. The highest BCUT2D eigenvalue weighted by Gasteiger charge is 2.30. The normalized spacial score (nSPS) is 18.8. The zero-order chi connectivity index (χ0) is 17.9. The van der Waals surface area contributed by atoms with Gasteiger partial charge in [-0.2, -0.15) is 4.98 Å². The molecule has 1 amide bonds. The van der Waals surface area contributed by atoms with E-state index in [9.17, 15) is 4.79 Å². The molecule has 2 fully saturated rings. The third kappa shape index (κ3) is 4.24. The summed E-state index contributed by atoms with van der Waals surface area (Å²) >= 11 is 1.42. The van der Waals surface area contributed by atoms with Gasteiger partial charge in [-0.1, -0.05) is 16.9 Å².